The van der Waals surface area contributed by atoms with Gasteiger partial charge in [0.15, 0.2) is 0 Å². The van der Waals surface area contributed by atoms with E-state index in [4.69, 9.17) is 5.11 Å². The van der Waals surface area contributed by atoms with Gasteiger partial charge in [-0.25, -0.2) is 0 Å². The Kier molecular flexibility index (Phi) is 3.79. The minimum atomic E-state index is 1.00. The average molecular weight is 175 g/mol. The molecule has 1 heterocycles. The lowest BCUT2D eigenvalue weighted by Crippen LogP contribution is -1.86. The SMILES string of the molecule is C1=Cc2ccccc2C=CN1.CO. The smallest absolute Gasteiger partial charge is 0.0319 e. The summed E-state index contributed by atoms with van der Waals surface area (Å²) in [6, 6.07) is 8.29. The van der Waals surface area contributed by atoms with E-state index >= 15 is 0 Å². The molecule has 0 saturated carbocycles. The van der Waals surface area contributed by atoms with Crippen molar-refractivity contribution in [3.05, 3.63) is 47.8 Å². The van der Waals surface area contributed by atoms with E-state index in [0.717, 1.165) is 7.11 Å². The molecular formula is C11H13NO. The molecule has 0 aliphatic carbocycles. The van der Waals surface area contributed by atoms with Crippen LogP contribution in [0, 0.1) is 0 Å². The zero-order valence-electron chi connectivity index (χ0n) is 7.57. The van der Waals surface area contributed by atoms with Crippen LogP contribution in [0.1, 0.15) is 11.1 Å². The Bertz CT molecular complexity index is 285. The lowest BCUT2D eigenvalue weighted by Gasteiger charge is -1.95. The van der Waals surface area contributed by atoms with Gasteiger partial charge in [0.2, 0.25) is 0 Å². The molecule has 0 unspecified atom stereocenters. The third-order valence-corrected chi connectivity index (χ3v) is 1.71. The Labute approximate surface area is 78.2 Å². The fourth-order valence-corrected chi connectivity index (χ4v) is 1.15. The van der Waals surface area contributed by atoms with Crippen molar-refractivity contribution < 1.29 is 5.11 Å². The van der Waals surface area contributed by atoms with E-state index in [9.17, 15) is 0 Å². The molecule has 0 saturated heterocycles. The van der Waals surface area contributed by atoms with Crippen molar-refractivity contribution in [1.29, 1.82) is 0 Å². The van der Waals surface area contributed by atoms with Gasteiger partial charge in [-0.2, -0.15) is 0 Å². The van der Waals surface area contributed by atoms with E-state index in [0.29, 0.717) is 0 Å². The van der Waals surface area contributed by atoms with Crippen LogP contribution in [0.3, 0.4) is 0 Å². The Morgan fingerprint density at radius 3 is 1.85 bits per heavy atom. The highest BCUT2D eigenvalue weighted by Gasteiger charge is 1.94. The molecule has 1 aromatic rings. The van der Waals surface area contributed by atoms with Gasteiger partial charge in [-0.05, 0) is 23.3 Å². The summed E-state index contributed by atoms with van der Waals surface area (Å²) < 4.78 is 0. The number of hydrogen-bond acceptors (Lipinski definition) is 2. The number of benzene rings is 1. The van der Waals surface area contributed by atoms with E-state index in [1.807, 2.05) is 24.5 Å². The standard InChI is InChI=1S/C10H9N.CH4O/c1-2-4-10-6-8-11-7-5-9(10)3-1;1-2/h1-8,11H;2H,1H3. The summed E-state index contributed by atoms with van der Waals surface area (Å²) in [6.07, 6.45) is 8.00. The van der Waals surface area contributed by atoms with Gasteiger partial charge in [-0.3, -0.25) is 0 Å². The van der Waals surface area contributed by atoms with Crippen LogP contribution in [0.4, 0.5) is 0 Å². The van der Waals surface area contributed by atoms with Crippen LogP contribution in [0.5, 0.6) is 0 Å². The van der Waals surface area contributed by atoms with E-state index in [-0.39, 0.29) is 0 Å². The summed E-state index contributed by atoms with van der Waals surface area (Å²) in [5.41, 5.74) is 2.52. The summed E-state index contributed by atoms with van der Waals surface area (Å²) in [5.74, 6) is 0. The molecule has 2 nitrogen and oxygen atoms in total. The molecule has 2 heteroatoms. The van der Waals surface area contributed by atoms with E-state index in [1.165, 1.54) is 11.1 Å². The maximum atomic E-state index is 7.00. The highest BCUT2D eigenvalue weighted by molar-refractivity contribution is 5.66. The van der Waals surface area contributed by atoms with Crippen LogP contribution < -0.4 is 5.32 Å². The molecule has 0 bridgehead atoms. The molecule has 1 aromatic carbocycles. The maximum Gasteiger partial charge on any atom is 0.0319 e. The van der Waals surface area contributed by atoms with Crippen LogP contribution >= 0.6 is 0 Å². The highest BCUT2D eigenvalue weighted by Crippen LogP contribution is 2.13. The van der Waals surface area contributed by atoms with Gasteiger partial charge in [0, 0.05) is 19.5 Å². The van der Waals surface area contributed by atoms with Crippen LogP contribution in [-0.4, -0.2) is 12.2 Å². The van der Waals surface area contributed by atoms with Gasteiger partial charge >= 0.3 is 0 Å². The van der Waals surface area contributed by atoms with Gasteiger partial charge in [0.1, 0.15) is 0 Å². The van der Waals surface area contributed by atoms with Gasteiger partial charge in [-0.15, -0.1) is 0 Å². The fourth-order valence-electron chi connectivity index (χ4n) is 1.15. The van der Waals surface area contributed by atoms with Crippen LogP contribution in [0.25, 0.3) is 12.2 Å². The second-order valence-electron chi connectivity index (χ2n) is 2.46. The molecule has 13 heavy (non-hydrogen) atoms. The lowest BCUT2D eigenvalue weighted by molar-refractivity contribution is 0.399. The van der Waals surface area contributed by atoms with Crippen LogP contribution in [-0.2, 0) is 0 Å². The zero-order valence-corrected chi connectivity index (χ0v) is 7.57. The lowest BCUT2D eigenvalue weighted by atomic mass is 10.1. The molecule has 1 aliphatic rings. The van der Waals surface area contributed by atoms with Gasteiger partial charge in [0.05, 0.1) is 0 Å². The van der Waals surface area contributed by atoms with Crippen LogP contribution in [0.2, 0.25) is 0 Å². The van der Waals surface area contributed by atoms with Crippen molar-refractivity contribution in [2.24, 2.45) is 0 Å². The number of hydrogen-bond donors (Lipinski definition) is 2. The molecule has 68 valence electrons. The minimum Gasteiger partial charge on any atom is -0.400 e. The van der Waals surface area contributed by atoms with E-state index < -0.39 is 0 Å². The molecule has 2 rings (SSSR count). The average Bonchev–Trinajstić information content (AvgIpc) is 2.45. The van der Waals surface area contributed by atoms with Gasteiger partial charge < -0.3 is 10.4 Å². The van der Waals surface area contributed by atoms with Crippen molar-refractivity contribution in [2.45, 2.75) is 0 Å². The Balaban J connectivity index is 0.000000396. The largest absolute Gasteiger partial charge is 0.400 e. The molecule has 2 N–H and O–H groups in total. The highest BCUT2D eigenvalue weighted by atomic mass is 16.2. The first kappa shape index (κ1) is 9.55. The summed E-state index contributed by atoms with van der Waals surface area (Å²) in [4.78, 5) is 0. The normalized spacial score (nSPS) is 11.8. The molecule has 0 spiro atoms. The number of nitrogens with one attached hydrogen (secondary N) is 1. The molecular weight excluding hydrogens is 162 g/mol. The first-order valence-corrected chi connectivity index (χ1v) is 4.10. The van der Waals surface area contributed by atoms with Crippen molar-refractivity contribution in [3.63, 3.8) is 0 Å². The Morgan fingerprint density at radius 1 is 0.923 bits per heavy atom. The van der Waals surface area contributed by atoms with Crippen molar-refractivity contribution in [3.8, 4) is 0 Å². The summed E-state index contributed by atoms with van der Waals surface area (Å²) >= 11 is 0. The topological polar surface area (TPSA) is 32.3 Å². The van der Waals surface area contributed by atoms with E-state index in [1.54, 1.807) is 0 Å². The third kappa shape index (κ3) is 2.46. The number of rotatable bonds is 0. The Hall–Kier alpha value is -1.54. The molecule has 0 amide bonds. The second kappa shape index (κ2) is 5.17. The summed E-state index contributed by atoms with van der Waals surface area (Å²) in [6.45, 7) is 0. The maximum absolute atomic E-state index is 7.00. The summed E-state index contributed by atoms with van der Waals surface area (Å²) in [5, 5.41) is 10.0. The number of aliphatic hydroxyl groups excluding tert-OH is 1. The summed E-state index contributed by atoms with van der Waals surface area (Å²) in [7, 11) is 1.00. The van der Waals surface area contributed by atoms with Crippen LogP contribution in [0.15, 0.2) is 36.7 Å². The number of fused-ring (bicyclic) bond motifs is 1. The molecule has 1 aliphatic heterocycles. The molecule has 0 radical (unpaired) electrons. The zero-order chi connectivity index (χ0) is 9.52. The quantitative estimate of drug-likeness (QED) is 0.630. The van der Waals surface area contributed by atoms with Crippen molar-refractivity contribution in [1.82, 2.24) is 5.32 Å². The van der Waals surface area contributed by atoms with Crippen molar-refractivity contribution >= 4 is 12.2 Å². The second-order valence-corrected chi connectivity index (χ2v) is 2.46. The fraction of sp³-hybridized carbons (Fsp3) is 0.0909. The molecule has 0 fully saturated rings. The van der Waals surface area contributed by atoms with E-state index in [2.05, 4.69) is 29.6 Å². The van der Waals surface area contributed by atoms with Crippen molar-refractivity contribution in [2.75, 3.05) is 7.11 Å². The molecule has 0 aromatic heterocycles. The first-order chi connectivity index (χ1) is 6.47. The Morgan fingerprint density at radius 2 is 1.38 bits per heavy atom. The molecule has 0 atom stereocenters. The van der Waals surface area contributed by atoms with Gasteiger partial charge in [-0.1, -0.05) is 24.3 Å². The first-order valence-electron chi connectivity index (χ1n) is 4.10. The third-order valence-electron chi connectivity index (χ3n) is 1.71. The monoisotopic (exact) mass is 175 g/mol. The number of aliphatic hydroxyl groups is 1. The predicted octanol–water partition coefficient (Wildman–Crippen LogP) is 1.84. The minimum absolute atomic E-state index is 1.00. The predicted molar refractivity (Wildman–Crippen MR) is 55.8 cm³/mol. The van der Waals surface area contributed by atoms with Gasteiger partial charge in [0.25, 0.3) is 0 Å².